The smallest absolute Gasteiger partial charge is 0.262 e. The van der Waals surface area contributed by atoms with Crippen LogP contribution in [-0.4, -0.2) is 6.54 Å². The van der Waals surface area contributed by atoms with E-state index < -0.39 is 0 Å². The second-order valence-electron chi connectivity index (χ2n) is 10.7. The maximum atomic E-state index is 2.48. The molecule has 2 aliphatic rings. The first-order valence-corrected chi connectivity index (χ1v) is 14.7. The Morgan fingerprint density at radius 1 is 1.06 bits per heavy atom. The number of rotatable bonds is 5. The van der Waals surface area contributed by atoms with Crippen LogP contribution in [0.4, 0.5) is 5.69 Å². The molecule has 36 heavy (non-hydrogen) atoms. The van der Waals surface area contributed by atoms with Crippen molar-refractivity contribution in [2.75, 3.05) is 11.4 Å². The van der Waals surface area contributed by atoms with Crippen LogP contribution < -0.4 is 9.47 Å². The molecule has 0 unspecified atom stereocenters. The van der Waals surface area contributed by atoms with Gasteiger partial charge in [0, 0.05) is 23.6 Å². The molecule has 0 N–H and O–H groups in total. The molecule has 4 heteroatoms. The summed E-state index contributed by atoms with van der Waals surface area (Å²) in [6.45, 7) is 15.7. The third-order valence-electron chi connectivity index (χ3n) is 7.21. The lowest BCUT2D eigenvalue weighted by Gasteiger charge is -2.31. The van der Waals surface area contributed by atoms with Crippen LogP contribution in [0.2, 0.25) is 0 Å². The summed E-state index contributed by atoms with van der Waals surface area (Å²) in [7, 11) is 0. The largest absolute Gasteiger partial charge is 0.335 e. The number of aromatic nitrogens is 1. The van der Waals surface area contributed by atoms with Gasteiger partial charge in [-0.1, -0.05) is 67.3 Å². The van der Waals surface area contributed by atoms with Crippen molar-refractivity contribution < 1.29 is 4.57 Å². The van der Waals surface area contributed by atoms with Crippen LogP contribution in [0.3, 0.4) is 0 Å². The molecule has 2 heterocycles. The van der Waals surface area contributed by atoms with Gasteiger partial charge in [-0.25, -0.2) is 0 Å². The van der Waals surface area contributed by atoms with Gasteiger partial charge in [0.05, 0.1) is 10.7 Å². The molecule has 0 saturated carbocycles. The third kappa shape index (κ3) is 4.99. The standard InChI is InChI=1S/C32H37N2S2/c1-7-33-26-13-9-10-14-28(26)35-30(33)15-11-12-24-18-25(21-32(5,6)20-24)19-31-34(8-2)27-16-22(3)23(4)17-29(27)36-31/h9-19H,7-8,20-21H2,1-6H3/q+1. The first kappa shape index (κ1) is 25.1. The van der Waals surface area contributed by atoms with Crippen molar-refractivity contribution in [1.29, 1.82) is 0 Å². The normalized spacial score (nSPS) is 19.6. The molecule has 1 aromatic heterocycles. The quantitative estimate of drug-likeness (QED) is 0.314. The van der Waals surface area contributed by atoms with Crippen LogP contribution >= 0.6 is 23.1 Å². The molecule has 0 radical (unpaired) electrons. The topological polar surface area (TPSA) is 7.12 Å². The van der Waals surface area contributed by atoms with Crippen molar-refractivity contribution in [3.8, 4) is 0 Å². The number of thiazole rings is 1. The van der Waals surface area contributed by atoms with Gasteiger partial charge in [0.2, 0.25) is 5.52 Å². The summed E-state index contributed by atoms with van der Waals surface area (Å²) in [6.07, 6.45) is 13.9. The number of para-hydroxylation sites is 1. The van der Waals surface area contributed by atoms with E-state index in [1.54, 1.807) is 0 Å². The highest BCUT2D eigenvalue weighted by atomic mass is 32.2. The van der Waals surface area contributed by atoms with Gasteiger partial charge in [0.25, 0.3) is 5.01 Å². The first-order chi connectivity index (χ1) is 17.3. The number of thioether (sulfide) groups is 1. The summed E-state index contributed by atoms with van der Waals surface area (Å²) in [5.74, 6) is 0. The van der Waals surface area contributed by atoms with Gasteiger partial charge in [-0.2, -0.15) is 4.57 Å². The molecular formula is C32H37N2S2+. The number of fused-ring (bicyclic) bond motifs is 2. The molecular weight excluding hydrogens is 477 g/mol. The molecule has 0 bridgehead atoms. The highest BCUT2D eigenvalue weighted by Crippen LogP contribution is 2.48. The molecule has 0 amide bonds. The fourth-order valence-electron chi connectivity index (χ4n) is 5.41. The predicted octanol–water partition coefficient (Wildman–Crippen LogP) is 8.99. The third-order valence-corrected chi connectivity index (χ3v) is 9.43. The van der Waals surface area contributed by atoms with Crippen LogP contribution in [0.25, 0.3) is 16.3 Å². The van der Waals surface area contributed by atoms with E-state index >= 15 is 0 Å². The van der Waals surface area contributed by atoms with Crippen LogP contribution in [0.5, 0.6) is 0 Å². The van der Waals surface area contributed by atoms with E-state index in [0.717, 1.165) is 25.9 Å². The molecule has 5 rings (SSSR count). The Morgan fingerprint density at radius 3 is 2.61 bits per heavy atom. The summed E-state index contributed by atoms with van der Waals surface area (Å²) in [4.78, 5) is 3.86. The minimum atomic E-state index is 0.252. The molecule has 1 aliphatic heterocycles. The zero-order valence-corrected chi connectivity index (χ0v) is 24.0. The Kier molecular flexibility index (Phi) is 7.02. The first-order valence-electron chi connectivity index (χ1n) is 13.1. The SMILES string of the molecule is CCN1C(=CC2=CC(=CC=Cc3sc4ccccc4[n+]3CC)CC(C)(C)C2)Sc2cc(C)c(C)cc21. The molecule has 0 saturated heterocycles. The van der Waals surface area contributed by atoms with Crippen LogP contribution in [-0.2, 0) is 6.54 Å². The summed E-state index contributed by atoms with van der Waals surface area (Å²) in [5, 5.41) is 2.66. The van der Waals surface area contributed by atoms with Crippen LogP contribution in [0, 0.1) is 19.3 Å². The molecule has 2 nitrogen and oxygen atoms in total. The van der Waals surface area contributed by atoms with Gasteiger partial charge in [-0.15, -0.1) is 0 Å². The van der Waals surface area contributed by atoms with Crippen molar-refractivity contribution in [2.45, 2.75) is 65.8 Å². The molecule has 2 aromatic carbocycles. The number of allylic oxidation sites excluding steroid dienone is 6. The molecule has 0 atom stereocenters. The van der Waals surface area contributed by atoms with E-state index in [1.165, 1.54) is 53.1 Å². The Morgan fingerprint density at radius 2 is 1.83 bits per heavy atom. The molecule has 0 spiro atoms. The van der Waals surface area contributed by atoms with Crippen molar-refractivity contribution in [2.24, 2.45) is 5.41 Å². The zero-order valence-electron chi connectivity index (χ0n) is 22.4. The van der Waals surface area contributed by atoms with Gasteiger partial charge in [-0.3, -0.25) is 0 Å². The minimum absolute atomic E-state index is 0.252. The monoisotopic (exact) mass is 513 g/mol. The Balaban J connectivity index is 1.44. The van der Waals surface area contributed by atoms with Crippen molar-refractivity contribution in [1.82, 2.24) is 0 Å². The van der Waals surface area contributed by atoms with Gasteiger partial charge in [0.15, 0.2) is 0 Å². The maximum absolute atomic E-state index is 2.48. The average Bonchev–Trinajstić information content (AvgIpc) is 3.34. The molecule has 0 fully saturated rings. The summed E-state index contributed by atoms with van der Waals surface area (Å²) in [6, 6.07) is 13.4. The lowest BCUT2D eigenvalue weighted by molar-refractivity contribution is -0.665. The fourth-order valence-corrected chi connectivity index (χ4v) is 7.83. The van der Waals surface area contributed by atoms with Crippen LogP contribution in [0.1, 0.15) is 56.7 Å². The number of hydrogen-bond acceptors (Lipinski definition) is 3. The lowest BCUT2D eigenvalue weighted by atomic mass is 9.75. The summed E-state index contributed by atoms with van der Waals surface area (Å²) < 4.78 is 3.75. The Hall–Kier alpha value is -2.56. The van der Waals surface area contributed by atoms with E-state index in [4.69, 9.17) is 0 Å². The van der Waals surface area contributed by atoms with Crippen molar-refractivity contribution in [3.63, 3.8) is 0 Å². The van der Waals surface area contributed by atoms with E-state index in [9.17, 15) is 0 Å². The highest BCUT2D eigenvalue weighted by molar-refractivity contribution is 8.03. The predicted molar refractivity (Wildman–Crippen MR) is 159 cm³/mol. The van der Waals surface area contributed by atoms with E-state index in [1.807, 2.05) is 23.1 Å². The highest BCUT2D eigenvalue weighted by Gasteiger charge is 2.28. The van der Waals surface area contributed by atoms with Crippen molar-refractivity contribution >= 4 is 45.1 Å². The Bertz CT molecular complexity index is 1430. The maximum Gasteiger partial charge on any atom is 0.262 e. The Labute approximate surface area is 224 Å². The fraction of sp³-hybridized carbons (Fsp3) is 0.344. The van der Waals surface area contributed by atoms with Gasteiger partial charge in [-0.05, 0) is 92.5 Å². The number of hydrogen-bond donors (Lipinski definition) is 0. The lowest BCUT2D eigenvalue weighted by Crippen LogP contribution is -2.33. The summed E-state index contributed by atoms with van der Waals surface area (Å²) >= 11 is 3.79. The number of aryl methyl sites for hydroxylation is 3. The number of anilines is 1. The summed E-state index contributed by atoms with van der Waals surface area (Å²) in [5.41, 5.74) is 8.52. The van der Waals surface area contributed by atoms with Crippen LogP contribution in [0.15, 0.2) is 81.8 Å². The minimum Gasteiger partial charge on any atom is -0.335 e. The van der Waals surface area contributed by atoms with E-state index in [0.29, 0.717) is 0 Å². The van der Waals surface area contributed by atoms with Gasteiger partial charge < -0.3 is 4.90 Å². The van der Waals surface area contributed by atoms with E-state index in [-0.39, 0.29) is 5.41 Å². The molecule has 1 aliphatic carbocycles. The average molecular weight is 514 g/mol. The second kappa shape index (κ2) is 10.1. The zero-order chi connectivity index (χ0) is 25.4. The van der Waals surface area contributed by atoms with Gasteiger partial charge in [0.1, 0.15) is 11.2 Å². The molecule has 186 valence electrons. The number of nitrogens with zero attached hydrogens (tertiary/aromatic N) is 2. The number of benzene rings is 2. The van der Waals surface area contributed by atoms with Gasteiger partial charge >= 0.3 is 0 Å². The van der Waals surface area contributed by atoms with E-state index in [2.05, 4.69) is 118 Å². The van der Waals surface area contributed by atoms with Crippen molar-refractivity contribution in [3.05, 3.63) is 93.0 Å². The second-order valence-corrected chi connectivity index (χ2v) is 12.8. The molecule has 3 aromatic rings.